The molecular weight excluding hydrogens is 711 g/mol. The fourth-order valence-electron chi connectivity index (χ4n) is 8.35. The highest BCUT2D eigenvalue weighted by atomic mass is 16.3. The van der Waals surface area contributed by atoms with Gasteiger partial charge in [0.2, 0.25) is 5.91 Å². The second-order valence-corrected chi connectivity index (χ2v) is 18.3. The number of amides is 1. The lowest BCUT2D eigenvalue weighted by Gasteiger charge is -2.20. The van der Waals surface area contributed by atoms with Crippen molar-refractivity contribution in [3.63, 3.8) is 0 Å². The Balaban J connectivity index is 3.41. The summed E-state index contributed by atoms with van der Waals surface area (Å²) in [4.78, 5) is 12.4. The molecule has 0 aliphatic heterocycles. The van der Waals surface area contributed by atoms with E-state index in [9.17, 15) is 15.0 Å². The Kier molecular flexibility index (Phi) is 49.2. The van der Waals surface area contributed by atoms with Crippen LogP contribution in [0.2, 0.25) is 0 Å². The summed E-state index contributed by atoms with van der Waals surface area (Å²) in [6.45, 7) is 4.33. The predicted octanol–water partition coefficient (Wildman–Crippen LogP) is 17.1. The maximum absolute atomic E-state index is 12.4. The van der Waals surface area contributed by atoms with E-state index in [4.69, 9.17) is 0 Å². The molecule has 3 N–H and O–H groups in total. The normalized spacial score (nSPS) is 13.0. The van der Waals surface area contributed by atoms with Gasteiger partial charge in [-0.05, 0) is 44.9 Å². The van der Waals surface area contributed by atoms with Crippen LogP contribution >= 0.6 is 0 Å². The highest BCUT2D eigenvalue weighted by Crippen LogP contribution is 2.17. The average molecular weight is 816 g/mol. The molecular formula is C54H105NO3. The van der Waals surface area contributed by atoms with Crippen LogP contribution in [0.25, 0.3) is 0 Å². The molecule has 0 saturated heterocycles. The molecule has 0 aliphatic rings. The van der Waals surface area contributed by atoms with Gasteiger partial charge in [-0.15, -0.1) is 0 Å². The van der Waals surface area contributed by atoms with Crippen LogP contribution < -0.4 is 5.32 Å². The summed E-state index contributed by atoms with van der Waals surface area (Å²) in [5.41, 5.74) is 0. The molecule has 0 rings (SSSR count). The van der Waals surface area contributed by atoms with E-state index in [-0.39, 0.29) is 12.5 Å². The second-order valence-electron chi connectivity index (χ2n) is 18.3. The van der Waals surface area contributed by atoms with E-state index in [0.29, 0.717) is 6.42 Å². The Hall–Kier alpha value is -1.13. The molecule has 0 fully saturated rings. The lowest BCUT2D eigenvalue weighted by Crippen LogP contribution is -2.45. The van der Waals surface area contributed by atoms with E-state index in [1.54, 1.807) is 6.08 Å². The van der Waals surface area contributed by atoms with Gasteiger partial charge < -0.3 is 15.5 Å². The van der Waals surface area contributed by atoms with Crippen molar-refractivity contribution < 1.29 is 15.0 Å². The molecule has 2 atom stereocenters. The molecule has 0 aromatic heterocycles. The fourth-order valence-corrected chi connectivity index (χ4v) is 8.35. The Bertz CT molecular complexity index is 840. The SMILES string of the molecule is CCCCCCCCCCCCC/C=C/C(O)C(CO)NC(=O)CCCCCCCCCCCCCCCCCCC/C=C\CCCCCCCCCCCCCC. The Labute approximate surface area is 364 Å². The molecule has 1 amide bonds. The van der Waals surface area contributed by atoms with Gasteiger partial charge in [0.05, 0.1) is 18.8 Å². The smallest absolute Gasteiger partial charge is 0.220 e. The van der Waals surface area contributed by atoms with Crippen LogP contribution in [-0.4, -0.2) is 34.9 Å². The first-order chi connectivity index (χ1) is 28.7. The summed E-state index contributed by atoms with van der Waals surface area (Å²) >= 11 is 0. The highest BCUT2D eigenvalue weighted by molar-refractivity contribution is 5.76. The first kappa shape index (κ1) is 56.9. The van der Waals surface area contributed by atoms with E-state index in [1.807, 2.05) is 6.08 Å². The third kappa shape index (κ3) is 45.9. The molecule has 0 radical (unpaired) electrons. The van der Waals surface area contributed by atoms with E-state index < -0.39 is 12.1 Å². The van der Waals surface area contributed by atoms with Crippen LogP contribution in [0.4, 0.5) is 0 Å². The fraction of sp³-hybridized carbons (Fsp3) is 0.907. The molecule has 2 unspecified atom stereocenters. The zero-order valence-electron chi connectivity index (χ0n) is 39.6. The second kappa shape index (κ2) is 50.2. The summed E-state index contributed by atoms with van der Waals surface area (Å²) in [6, 6.07) is -0.618. The van der Waals surface area contributed by atoms with Crippen molar-refractivity contribution in [1.82, 2.24) is 5.32 Å². The minimum atomic E-state index is -0.835. The summed E-state index contributed by atoms with van der Waals surface area (Å²) in [5, 5.41) is 23.0. The third-order valence-electron chi connectivity index (χ3n) is 12.4. The number of carbonyl (C=O) groups excluding carboxylic acids is 1. The van der Waals surface area contributed by atoms with Crippen LogP contribution in [0, 0.1) is 0 Å². The van der Waals surface area contributed by atoms with Crippen molar-refractivity contribution in [2.24, 2.45) is 0 Å². The summed E-state index contributed by atoms with van der Waals surface area (Å²) < 4.78 is 0. The van der Waals surface area contributed by atoms with Gasteiger partial charge in [0, 0.05) is 6.42 Å². The third-order valence-corrected chi connectivity index (χ3v) is 12.4. The predicted molar refractivity (Wildman–Crippen MR) is 258 cm³/mol. The van der Waals surface area contributed by atoms with Crippen molar-refractivity contribution in [2.75, 3.05) is 6.61 Å². The number of unbranched alkanes of at least 4 members (excludes halogenated alkanes) is 40. The maximum atomic E-state index is 12.4. The van der Waals surface area contributed by atoms with Gasteiger partial charge in [0.1, 0.15) is 0 Å². The van der Waals surface area contributed by atoms with Crippen molar-refractivity contribution in [2.45, 2.75) is 309 Å². The molecule has 0 aromatic carbocycles. The Morgan fingerprint density at radius 3 is 0.948 bits per heavy atom. The number of aliphatic hydroxyl groups is 2. The van der Waals surface area contributed by atoms with Crippen LogP contribution in [0.15, 0.2) is 24.3 Å². The molecule has 0 aromatic rings. The summed E-state index contributed by atoms with van der Waals surface area (Å²) in [6.07, 6.45) is 66.2. The van der Waals surface area contributed by atoms with Crippen molar-refractivity contribution in [3.8, 4) is 0 Å². The molecule has 0 aliphatic carbocycles. The standard InChI is InChI=1S/C54H105NO3/c1-3-5-7-9-11-13-15-17-18-19-20-21-22-23-24-25-26-27-28-29-30-31-32-33-34-35-36-38-40-42-44-46-48-50-54(58)55-52(51-56)53(57)49-47-45-43-41-39-37-16-14-12-10-8-6-4-2/h23-24,47,49,52-53,56-57H,3-22,25-46,48,50-51H2,1-2H3,(H,55,58)/b24-23-,49-47+. The largest absolute Gasteiger partial charge is 0.394 e. The average Bonchev–Trinajstić information content (AvgIpc) is 3.23. The number of rotatable bonds is 49. The van der Waals surface area contributed by atoms with Crippen LogP contribution in [0.3, 0.4) is 0 Å². The van der Waals surface area contributed by atoms with Crippen molar-refractivity contribution in [3.05, 3.63) is 24.3 Å². The molecule has 0 heterocycles. The zero-order chi connectivity index (χ0) is 42.1. The minimum absolute atomic E-state index is 0.0599. The summed E-state index contributed by atoms with van der Waals surface area (Å²) in [7, 11) is 0. The molecule has 4 heteroatoms. The summed E-state index contributed by atoms with van der Waals surface area (Å²) in [5.74, 6) is -0.0599. The Morgan fingerprint density at radius 2 is 0.655 bits per heavy atom. The van der Waals surface area contributed by atoms with E-state index in [0.717, 1.165) is 25.7 Å². The van der Waals surface area contributed by atoms with Crippen molar-refractivity contribution in [1.29, 1.82) is 0 Å². The number of carbonyl (C=O) groups is 1. The quantitative estimate of drug-likeness (QED) is 0.0423. The lowest BCUT2D eigenvalue weighted by atomic mass is 10.0. The molecule has 4 nitrogen and oxygen atoms in total. The lowest BCUT2D eigenvalue weighted by molar-refractivity contribution is -0.123. The van der Waals surface area contributed by atoms with Gasteiger partial charge in [-0.2, -0.15) is 0 Å². The zero-order valence-corrected chi connectivity index (χ0v) is 39.6. The van der Waals surface area contributed by atoms with Gasteiger partial charge >= 0.3 is 0 Å². The van der Waals surface area contributed by atoms with Crippen molar-refractivity contribution >= 4 is 5.91 Å². The van der Waals surface area contributed by atoms with Gasteiger partial charge in [0.25, 0.3) is 0 Å². The first-order valence-electron chi connectivity index (χ1n) is 26.6. The highest BCUT2D eigenvalue weighted by Gasteiger charge is 2.18. The van der Waals surface area contributed by atoms with Crippen LogP contribution in [0.5, 0.6) is 0 Å². The minimum Gasteiger partial charge on any atom is -0.394 e. The Morgan fingerprint density at radius 1 is 0.397 bits per heavy atom. The van der Waals surface area contributed by atoms with Gasteiger partial charge in [-0.1, -0.05) is 269 Å². The number of allylic oxidation sites excluding steroid dienone is 3. The van der Waals surface area contributed by atoms with Gasteiger partial charge in [0.15, 0.2) is 0 Å². The van der Waals surface area contributed by atoms with E-state index in [2.05, 4.69) is 31.3 Å². The van der Waals surface area contributed by atoms with Gasteiger partial charge in [-0.25, -0.2) is 0 Å². The molecule has 58 heavy (non-hydrogen) atoms. The topological polar surface area (TPSA) is 69.6 Å². The molecule has 0 saturated carbocycles. The van der Waals surface area contributed by atoms with E-state index >= 15 is 0 Å². The molecule has 0 spiro atoms. The van der Waals surface area contributed by atoms with Gasteiger partial charge in [-0.3, -0.25) is 4.79 Å². The molecule has 344 valence electrons. The first-order valence-corrected chi connectivity index (χ1v) is 26.6. The number of aliphatic hydroxyl groups excluding tert-OH is 2. The van der Waals surface area contributed by atoms with Crippen LogP contribution in [0.1, 0.15) is 296 Å². The maximum Gasteiger partial charge on any atom is 0.220 e. The molecule has 0 bridgehead atoms. The number of hydrogen-bond donors (Lipinski definition) is 3. The van der Waals surface area contributed by atoms with E-state index in [1.165, 1.54) is 250 Å². The monoisotopic (exact) mass is 816 g/mol. The number of hydrogen-bond acceptors (Lipinski definition) is 3. The van der Waals surface area contributed by atoms with Crippen LogP contribution in [-0.2, 0) is 4.79 Å². The number of nitrogens with one attached hydrogen (secondary N) is 1.